The van der Waals surface area contributed by atoms with Gasteiger partial charge in [0.15, 0.2) is 0 Å². The summed E-state index contributed by atoms with van der Waals surface area (Å²) in [6.45, 7) is 6.89. The Morgan fingerprint density at radius 3 is 2.63 bits per heavy atom. The van der Waals surface area contributed by atoms with Gasteiger partial charge in [-0.15, -0.1) is 0 Å². The van der Waals surface area contributed by atoms with Crippen LogP contribution in [0.25, 0.3) is 22.4 Å². The van der Waals surface area contributed by atoms with Crippen molar-refractivity contribution in [3.8, 4) is 11.4 Å². The predicted molar refractivity (Wildman–Crippen MR) is 124 cm³/mol. The zero-order chi connectivity index (χ0) is 21.3. The van der Waals surface area contributed by atoms with E-state index in [1.807, 2.05) is 53.1 Å². The van der Waals surface area contributed by atoms with Crippen LogP contribution in [0.15, 0.2) is 53.0 Å². The summed E-state index contributed by atoms with van der Waals surface area (Å²) in [5.41, 5.74) is 2.81. The van der Waals surface area contributed by atoms with Crippen molar-refractivity contribution in [1.29, 1.82) is 0 Å². The number of imidazole rings is 1. The summed E-state index contributed by atoms with van der Waals surface area (Å²) in [5.74, 6) is 2.17. The SMILES string of the molecule is CC(C)[C@@H]1CC[C@@H](C)CC1OC(=O)Cn1c(-c2ccc(Br)cc2)nc2ccccc21. The van der Waals surface area contributed by atoms with Crippen molar-refractivity contribution in [1.82, 2.24) is 9.55 Å². The van der Waals surface area contributed by atoms with Crippen LogP contribution in [0.2, 0.25) is 0 Å². The molecule has 1 unspecified atom stereocenters. The number of hydrogen-bond acceptors (Lipinski definition) is 3. The molecule has 0 amide bonds. The number of para-hydroxylation sites is 2. The van der Waals surface area contributed by atoms with E-state index in [0.29, 0.717) is 17.8 Å². The van der Waals surface area contributed by atoms with Gasteiger partial charge in [-0.05, 0) is 54.9 Å². The maximum Gasteiger partial charge on any atom is 0.326 e. The number of carbonyl (C=O) groups is 1. The van der Waals surface area contributed by atoms with E-state index < -0.39 is 0 Å². The number of nitrogens with zero attached hydrogens (tertiary/aromatic N) is 2. The third-order valence-electron chi connectivity index (χ3n) is 6.29. The normalized spacial score (nSPS) is 21.8. The Morgan fingerprint density at radius 1 is 1.17 bits per heavy atom. The molecule has 1 aromatic heterocycles. The quantitative estimate of drug-likeness (QED) is 0.403. The number of esters is 1. The first-order valence-corrected chi connectivity index (χ1v) is 11.6. The van der Waals surface area contributed by atoms with Gasteiger partial charge in [0.1, 0.15) is 18.5 Å². The van der Waals surface area contributed by atoms with Crippen LogP contribution in [0.3, 0.4) is 0 Å². The number of aromatic nitrogens is 2. The summed E-state index contributed by atoms with van der Waals surface area (Å²) >= 11 is 3.49. The average Bonchev–Trinajstić information content (AvgIpc) is 3.07. The fourth-order valence-corrected chi connectivity index (χ4v) is 4.90. The molecule has 0 aliphatic heterocycles. The highest BCUT2D eigenvalue weighted by molar-refractivity contribution is 9.10. The summed E-state index contributed by atoms with van der Waals surface area (Å²) in [4.78, 5) is 17.9. The summed E-state index contributed by atoms with van der Waals surface area (Å²) in [6.07, 6.45) is 3.32. The van der Waals surface area contributed by atoms with E-state index in [0.717, 1.165) is 39.7 Å². The molecule has 4 rings (SSSR count). The van der Waals surface area contributed by atoms with Crippen LogP contribution in [-0.2, 0) is 16.1 Å². The van der Waals surface area contributed by atoms with E-state index in [2.05, 4.69) is 36.7 Å². The summed E-state index contributed by atoms with van der Waals surface area (Å²) in [6, 6.07) is 16.0. The second kappa shape index (κ2) is 8.93. The number of halogens is 1. The molecule has 5 heteroatoms. The maximum absolute atomic E-state index is 13.1. The molecule has 0 bridgehead atoms. The zero-order valence-electron chi connectivity index (χ0n) is 17.8. The van der Waals surface area contributed by atoms with E-state index in [1.165, 1.54) is 6.42 Å². The van der Waals surface area contributed by atoms with E-state index in [-0.39, 0.29) is 18.6 Å². The van der Waals surface area contributed by atoms with Crippen LogP contribution in [0.1, 0.15) is 40.0 Å². The number of fused-ring (bicyclic) bond motifs is 1. The molecule has 4 nitrogen and oxygen atoms in total. The Bertz CT molecular complexity index is 1030. The highest BCUT2D eigenvalue weighted by Crippen LogP contribution is 2.35. The Labute approximate surface area is 186 Å². The van der Waals surface area contributed by atoms with Crippen molar-refractivity contribution in [2.45, 2.75) is 52.7 Å². The summed E-state index contributed by atoms with van der Waals surface area (Å²) in [5, 5.41) is 0. The highest BCUT2D eigenvalue weighted by Gasteiger charge is 2.33. The molecule has 3 aromatic rings. The third-order valence-corrected chi connectivity index (χ3v) is 6.82. The molecule has 1 saturated carbocycles. The lowest BCUT2D eigenvalue weighted by molar-refractivity contribution is -0.156. The van der Waals surface area contributed by atoms with Crippen LogP contribution in [-0.4, -0.2) is 21.6 Å². The largest absolute Gasteiger partial charge is 0.461 e. The lowest BCUT2D eigenvalue weighted by Crippen LogP contribution is -2.36. The van der Waals surface area contributed by atoms with Crippen molar-refractivity contribution in [2.75, 3.05) is 0 Å². The first-order valence-electron chi connectivity index (χ1n) is 10.8. The zero-order valence-corrected chi connectivity index (χ0v) is 19.4. The molecule has 1 fully saturated rings. The fourth-order valence-electron chi connectivity index (χ4n) is 4.64. The third kappa shape index (κ3) is 4.46. The average molecular weight is 469 g/mol. The van der Waals surface area contributed by atoms with Gasteiger partial charge in [-0.2, -0.15) is 0 Å². The Hall–Kier alpha value is -2.14. The molecule has 0 radical (unpaired) electrons. The molecule has 1 aliphatic rings. The number of carbonyl (C=O) groups excluding carboxylic acids is 1. The first-order chi connectivity index (χ1) is 14.4. The molecule has 0 saturated heterocycles. The Balaban J connectivity index is 1.62. The highest BCUT2D eigenvalue weighted by atomic mass is 79.9. The predicted octanol–water partition coefficient (Wildman–Crippen LogP) is 6.47. The number of ether oxygens (including phenoxy) is 1. The minimum atomic E-state index is -0.179. The minimum Gasteiger partial charge on any atom is -0.461 e. The van der Waals surface area contributed by atoms with Crippen molar-refractivity contribution in [3.05, 3.63) is 53.0 Å². The molecular formula is C25H29BrN2O2. The van der Waals surface area contributed by atoms with Gasteiger partial charge in [0, 0.05) is 10.0 Å². The molecule has 0 spiro atoms. The van der Waals surface area contributed by atoms with Gasteiger partial charge in [0.2, 0.25) is 0 Å². The van der Waals surface area contributed by atoms with Gasteiger partial charge in [-0.25, -0.2) is 4.98 Å². The van der Waals surface area contributed by atoms with Crippen LogP contribution in [0.5, 0.6) is 0 Å². The summed E-state index contributed by atoms with van der Waals surface area (Å²) < 4.78 is 9.07. The van der Waals surface area contributed by atoms with Gasteiger partial charge in [-0.1, -0.05) is 67.4 Å². The van der Waals surface area contributed by atoms with Gasteiger partial charge in [-0.3, -0.25) is 4.79 Å². The number of rotatable bonds is 5. The van der Waals surface area contributed by atoms with E-state index in [1.54, 1.807) is 0 Å². The molecule has 30 heavy (non-hydrogen) atoms. The minimum absolute atomic E-state index is 0.00664. The molecule has 0 N–H and O–H groups in total. The van der Waals surface area contributed by atoms with Crippen molar-refractivity contribution in [2.24, 2.45) is 17.8 Å². The standard InChI is InChI=1S/C25H29BrN2O2/c1-16(2)20-13-8-17(3)14-23(20)30-24(29)15-28-22-7-5-4-6-21(22)27-25(28)18-9-11-19(26)12-10-18/h4-7,9-12,16-17,20,23H,8,13-15H2,1-3H3/t17-,20+,23?/m1/s1. The van der Waals surface area contributed by atoms with Crippen LogP contribution in [0, 0.1) is 17.8 Å². The van der Waals surface area contributed by atoms with Crippen molar-refractivity contribution >= 4 is 32.9 Å². The molecular weight excluding hydrogens is 440 g/mol. The molecule has 1 aliphatic carbocycles. The van der Waals surface area contributed by atoms with E-state index in [4.69, 9.17) is 9.72 Å². The molecule has 3 atom stereocenters. The Morgan fingerprint density at radius 2 is 1.90 bits per heavy atom. The van der Waals surface area contributed by atoms with Gasteiger partial charge in [0.05, 0.1) is 11.0 Å². The first kappa shape index (κ1) is 21.1. The second-order valence-electron chi connectivity index (χ2n) is 8.87. The van der Waals surface area contributed by atoms with Gasteiger partial charge in [0.25, 0.3) is 0 Å². The topological polar surface area (TPSA) is 44.1 Å². The monoisotopic (exact) mass is 468 g/mol. The van der Waals surface area contributed by atoms with Crippen LogP contribution >= 0.6 is 15.9 Å². The van der Waals surface area contributed by atoms with Crippen LogP contribution in [0.4, 0.5) is 0 Å². The maximum atomic E-state index is 13.1. The lowest BCUT2D eigenvalue weighted by Gasteiger charge is -2.36. The molecule has 2 aromatic carbocycles. The second-order valence-corrected chi connectivity index (χ2v) is 9.79. The lowest BCUT2D eigenvalue weighted by atomic mass is 9.75. The van der Waals surface area contributed by atoms with E-state index >= 15 is 0 Å². The van der Waals surface area contributed by atoms with Gasteiger partial charge < -0.3 is 9.30 Å². The molecule has 1 heterocycles. The van der Waals surface area contributed by atoms with Crippen molar-refractivity contribution < 1.29 is 9.53 Å². The number of benzene rings is 2. The summed E-state index contributed by atoms with van der Waals surface area (Å²) in [7, 11) is 0. The molecule has 158 valence electrons. The number of hydrogen-bond donors (Lipinski definition) is 0. The van der Waals surface area contributed by atoms with Crippen LogP contribution < -0.4 is 0 Å². The fraction of sp³-hybridized carbons (Fsp3) is 0.440. The van der Waals surface area contributed by atoms with Gasteiger partial charge >= 0.3 is 5.97 Å². The van der Waals surface area contributed by atoms with Crippen molar-refractivity contribution in [3.63, 3.8) is 0 Å². The van der Waals surface area contributed by atoms with E-state index in [9.17, 15) is 4.79 Å². The Kier molecular flexibility index (Phi) is 6.28. The smallest absolute Gasteiger partial charge is 0.326 e.